The van der Waals surface area contributed by atoms with E-state index in [1.165, 1.54) is 26.4 Å². The Hall–Kier alpha value is -3.06. The van der Waals surface area contributed by atoms with E-state index >= 15 is 0 Å². The lowest BCUT2D eigenvalue weighted by Gasteiger charge is -2.38. The van der Waals surface area contributed by atoms with Gasteiger partial charge in [0.15, 0.2) is 17.0 Å². The molecule has 0 bridgehead atoms. The second kappa shape index (κ2) is 9.19. The average Bonchev–Trinajstić information content (AvgIpc) is 3.12. The molecule has 0 aliphatic carbocycles. The summed E-state index contributed by atoms with van der Waals surface area (Å²) in [6, 6.07) is 3.35. The minimum atomic E-state index is -4.79. The first kappa shape index (κ1) is 25.0. The zero-order chi connectivity index (χ0) is 25.5. The van der Waals surface area contributed by atoms with Crippen LogP contribution in [0, 0.1) is 5.82 Å². The van der Waals surface area contributed by atoms with Crippen molar-refractivity contribution in [1.82, 2.24) is 9.55 Å². The monoisotopic (exact) mass is 502 g/mol. The number of benzene rings is 1. The number of rotatable bonds is 6. The summed E-state index contributed by atoms with van der Waals surface area (Å²) in [6.07, 6.45) is -6.49. The van der Waals surface area contributed by atoms with E-state index in [9.17, 15) is 27.5 Å². The zero-order valence-electron chi connectivity index (χ0n) is 19.4. The summed E-state index contributed by atoms with van der Waals surface area (Å²) in [7, 11) is 2.62. The lowest BCUT2D eigenvalue weighted by Crippen LogP contribution is -2.57. The fraction of sp³-hybridized carbons (Fsp3) is 0.545. The topological polar surface area (TPSA) is 89.3 Å². The maximum atomic E-state index is 14.7. The molecule has 9 nitrogen and oxygen atoms in total. The highest BCUT2D eigenvalue weighted by atomic mass is 19.4. The molecular formula is C22H26F4N4O5. The van der Waals surface area contributed by atoms with Crippen molar-refractivity contribution < 1.29 is 36.9 Å². The molecule has 0 spiro atoms. The standard InChI is InChI=1S/C22H26F4N4O5/c1-21(22(24,25)26)12-29-19(32)10-18(28-4-6-35-7-5-28)27-20(29)30(21)11-15(31)13-8-16(33-2)17(34-3)9-14(13)23/h8-10,15,31H,4-7,11-12H2,1-3H3/t15-,21?/m1/s1. The number of alkyl halides is 3. The fourth-order valence-corrected chi connectivity index (χ4v) is 4.33. The number of β-amino-alcohol motifs (C(OH)–C–C–N with tert-alkyl or cyclic N) is 1. The van der Waals surface area contributed by atoms with Crippen molar-refractivity contribution in [2.75, 3.05) is 56.9 Å². The van der Waals surface area contributed by atoms with Crippen molar-refractivity contribution in [3.8, 4) is 11.5 Å². The first-order valence-corrected chi connectivity index (χ1v) is 10.9. The van der Waals surface area contributed by atoms with Gasteiger partial charge in [0.1, 0.15) is 11.6 Å². The second-order valence-electron chi connectivity index (χ2n) is 8.56. The average molecular weight is 502 g/mol. The van der Waals surface area contributed by atoms with Crippen LogP contribution >= 0.6 is 0 Å². The predicted octanol–water partition coefficient (Wildman–Crippen LogP) is 2.11. The smallest absolute Gasteiger partial charge is 0.413 e. The minimum Gasteiger partial charge on any atom is -0.493 e. The Kier molecular flexibility index (Phi) is 6.58. The Balaban J connectivity index is 1.76. The summed E-state index contributed by atoms with van der Waals surface area (Å²) in [6.45, 7) is 1.15. The summed E-state index contributed by atoms with van der Waals surface area (Å²) < 4.78 is 74.0. The molecule has 0 amide bonds. The van der Waals surface area contributed by atoms with Crippen molar-refractivity contribution in [2.45, 2.75) is 31.3 Å². The molecule has 2 atom stereocenters. The Bertz CT molecular complexity index is 1150. The lowest BCUT2D eigenvalue weighted by atomic mass is 9.99. The SMILES string of the molecule is COc1cc(F)c([C@H](O)CN2c3nc(N4CCOCC4)cc(=O)n3CC2(C)C(F)(F)F)cc1OC. The molecule has 13 heteroatoms. The highest BCUT2D eigenvalue weighted by Gasteiger charge is 2.60. The highest BCUT2D eigenvalue weighted by Crippen LogP contribution is 2.44. The Morgan fingerprint density at radius 1 is 1.17 bits per heavy atom. The maximum Gasteiger partial charge on any atom is 0.413 e. The molecule has 2 aliphatic rings. The van der Waals surface area contributed by atoms with E-state index < -0.39 is 42.3 Å². The van der Waals surface area contributed by atoms with Crippen LogP contribution in [0.15, 0.2) is 23.0 Å². The number of fused-ring (bicyclic) bond motifs is 1. The number of morpholine rings is 1. The number of ether oxygens (including phenoxy) is 3. The van der Waals surface area contributed by atoms with Crippen LogP contribution in [0.5, 0.6) is 11.5 Å². The van der Waals surface area contributed by atoms with Crippen LogP contribution in [0.2, 0.25) is 0 Å². The zero-order valence-corrected chi connectivity index (χ0v) is 19.4. The van der Waals surface area contributed by atoms with E-state index in [0.29, 0.717) is 26.3 Å². The van der Waals surface area contributed by atoms with Gasteiger partial charge in [-0.3, -0.25) is 9.36 Å². The number of aromatic nitrogens is 2. The number of hydrogen-bond acceptors (Lipinski definition) is 8. The van der Waals surface area contributed by atoms with Gasteiger partial charge in [0, 0.05) is 30.8 Å². The van der Waals surface area contributed by atoms with Crippen molar-refractivity contribution in [1.29, 1.82) is 0 Å². The lowest BCUT2D eigenvalue weighted by molar-refractivity contribution is -0.183. The molecule has 1 saturated heterocycles. The third-order valence-electron chi connectivity index (χ3n) is 6.44. The van der Waals surface area contributed by atoms with E-state index in [0.717, 1.165) is 22.5 Å². The van der Waals surface area contributed by atoms with Gasteiger partial charge in [-0.15, -0.1) is 0 Å². The Morgan fingerprint density at radius 3 is 2.40 bits per heavy atom. The van der Waals surface area contributed by atoms with Crippen LogP contribution < -0.4 is 24.8 Å². The number of anilines is 2. The van der Waals surface area contributed by atoms with Crippen LogP contribution in [0.1, 0.15) is 18.6 Å². The van der Waals surface area contributed by atoms with Crippen molar-refractivity contribution >= 4 is 11.8 Å². The van der Waals surface area contributed by atoms with Crippen LogP contribution in [0.3, 0.4) is 0 Å². The number of aliphatic hydroxyl groups excluding tert-OH is 1. The largest absolute Gasteiger partial charge is 0.493 e. The molecule has 1 aromatic heterocycles. The first-order valence-electron chi connectivity index (χ1n) is 10.9. The number of aliphatic hydroxyl groups is 1. The Labute approximate surface area is 198 Å². The third-order valence-corrected chi connectivity index (χ3v) is 6.44. The molecule has 2 aromatic rings. The van der Waals surface area contributed by atoms with E-state index in [2.05, 4.69) is 4.98 Å². The summed E-state index contributed by atoms with van der Waals surface area (Å²) in [5.41, 5.74) is -3.50. The van der Waals surface area contributed by atoms with Crippen molar-refractivity contribution in [3.63, 3.8) is 0 Å². The number of hydrogen-bond donors (Lipinski definition) is 1. The molecule has 3 heterocycles. The summed E-state index contributed by atoms with van der Waals surface area (Å²) in [4.78, 5) is 19.8. The first-order chi connectivity index (χ1) is 16.5. The predicted molar refractivity (Wildman–Crippen MR) is 118 cm³/mol. The molecule has 0 radical (unpaired) electrons. The van der Waals surface area contributed by atoms with Gasteiger partial charge in [0.05, 0.1) is 46.6 Å². The molecule has 1 fully saturated rings. The third kappa shape index (κ3) is 4.38. The summed E-state index contributed by atoms with van der Waals surface area (Å²) >= 11 is 0. The minimum absolute atomic E-state index is 0.0657. The molecule has 192 valence electrons. The quantitative estimate of drug-likeness (QED) is 0.601. The molecule has 1 aromatic carbocycles. The van der Waals surface area contributed by atoms with Gasteiger partial charge in [-0.25, -0.2) is 4.39 Å². The van der Waals surface area contributed by atoms with Crippen LogP contribution in [-0.2, 0) is 11.3 Å². The molecule has 2 aliphatic heterocycles. The maximum absolute atomic E-state index is 14.7. The van der Waals surface area contributed by atoms with Gasteiger partial charge < -0.3 is 29.1 Å². The number of halogens is 4. The van der Waals surface area contributed by atoms with Crippen molar-refractivity contribution in [2.24, 2.45) is 0 Å². The highest BCUT2D eigenvalue weighted by molar-refractivity contribution is 5.51. The van der Waals surface area contributed by atoms with Gasteiger partial charge in [0.2, 0.25) is 5.95 Å². The molecule has 1 unspecified atom stereocenters. The van der Waals surface area contributed by atoms with Crippen LogP contribution in [0.4, 0.5) is 29.3 Å². The summed E-state index contributed by atoms with van der Waals surface area (Å²) in [5.74, 6) is -0.745. The fourth-order valence-electron chi connectivity index (χ4n) is 4.33. The molecular weight excluding hydrogens is 476 g/mol. The van der Waals surface area contributed by atoms with Crippen LogP contribution in [-0.4, -0.2) is 73.4 Å². The van der Waals surface area contributed by atoms with E-state index in [1.807, 2.05) is 0 Å². The van der Waals surface area contributed by atoms with Gasteiger partial charge in [-0.1, -0.05) is 0 Å². The van der Waals surface area contributed by atoms with Gasteiger partial charge in [0.25, 0.3) is 5.56 Å². The van der Waals surface area contributed by atoms with Crippen LogP contribution in [0.25, 0.3) is 0 Å². The van der Waals surface area contributed by atoms with E-state index in [-0.39, 0.29) is 28.8 Å². The summed E-state index contributed by atoms with van der Waals surface area (Å²) in [5, 5.41) is 10.9. The molecule has 1 N–H and O–H groups in total. The van der Waals surface area contributed by atoms with E-state index in [4.69, 9.17) is 14.2 Å². The number of methoxy groups -OCH3 is 2. The molecule has 0 saturated carbocycles. The normalized spacial score (nSPS) is 21.1. The van der Waals surface area contributed by atoms with Gasteiger partial charge in [-0.05, 0) is 13.0 Å². The van der Waals surface area contributed by atoms with Gasteiger partial charge in [-0.2, -0.15) is 18.2 Å². The van der Waals surface area contributed by atoms with Gasteiger partial charge >= 0.3 is 6.18 Å². The van der Waals surface area contributed by atoms with Crippen molar-refractivity contribution in [3.05, 3.63) is 39.9 Å². The Morgan fingerprint density at radius 2 is 1.80 bits per heavy atom. The van der Waals surface area contributed by atoms with E-state index in [1.54, 1.807) is 4.90 Å². The second-order valence-corrected chi connectivity index (χ2v) is 8.56. The molecule has 35 heavy (non-hydrogen) atoms. The molecule has 4 rings (SSSR count). The number of nitrogens with zero attached hydrogens (tertiary/aromatic N) is 4.